The van der Waals surface area contributed by atoms with E-state index in [9.17, 15) is 4.79 Å². The van der Waals surface area contributed by atoms with Gasteiger partial charge in [0, 0.05) is 23.1 Å². The molecule has 0 spiro atoms. The first-order valence-corrected chi connectivity index (χ1v) is 7.59. The quantitative estimate of drug-likeness (QED) is 0.905. The molecular weight excluding hydrogens is 304 g/mol. The van der Waals surface area contributed by atoms with Gasteiger partial charge in [-0.2, -0.15) is 0 Å². The Labute approximate surface area is 123 Å². The lowest BCUT2D eigenvalue weighted by atomic mass is 10.0. The highest BCUT2D eigenvalue weighted by Crippen LogP contribution is 2.30. The Morgan fingerprint density at radius 3 is 2.68 bits per heavy atom. The SMILES string of the molecule is CC(N)C(C)C(=O)N(Cc1cccc(Br)c1)C1CC1. The molecular formula is C15H21BrN2O. The van der Waals surface area contributed by atoms with E-state index in [1.165, 1.54) is 0 Å². The van der Waals surface area contributed by atoms with Crippen molar-refractivity contribution in [3.8, 4) is 0 Å². The van der Waals surface area contributed by atoms with E-state index in [1.807, 2.05) is 30.9 Å². The molecule has 0 bridgehead atoms. The number of hydrogen-bond donors (Lipinski definition) is 1. The second kappa shape index (κ2) is 6.06. The standard InChI is InChI=1S/C15H21BrN2O/c1-10(11(2)17)15(19)18(14-6-7-14)9-12-4-3-5-13(16)8-12/h3-5,8,10-11,14H,6-7,9,17H2,1-2H3. The van der Waals surface area contributed by atoms with Crippen molar-refractivity contribution in [2.75, 3.05) is 0 Å². The molecule has 0 aromatic heterocycles. The van der Waals surface area contributed by atoms with Gasteiger partial charge in [0.25, 0.3) is 0 Å². The summed E-state index contributed by atoms with van der Waals surface area (Å²) in [5.74, 6) is 0.0604. The number of nitrogens with two attached hydrogens (primary N) is 1. The molecule has 2 unspecified atom stereocenters. The summed E-state index contributed by atoms with van der Waals surface area (Å²) in [6.07, 6.45) is 2.23. The van der Waals surface area contributed by atoms with Gasteiger partial charge in [0.05, 0.1) is 5.92 Å². The monoisotopic (exact) mass is 324 g/mol. The van der Waals surface area contributed by atoms with Gasteiger partial charge in [-0.15, -0.1) is 0 Å². The first kappa shape index (κ1) is 14.5. The lowest BCUT2D eigenvalue weighted by molar-refractivity contribution is -0.136. The number of hydrogen-bond acceptors (Lipinski definition) is 2. The molecule has 104 valence electrons. The molecule has 1 aromatic carbocycles. The Morgan fingerprint density at radius 2 is 2.16 bits per heavy atom. The van der Waals surface area contributed by atoms with Crippen molar-refractivity contribution in [3.05, 3.63) is 34.3 Å². The summed E-state index contributed by atoms with van der Waals surface area (Å²) >= 11 is 3.47. The molecule has 2 N–H and O–H groups in total. The average Bonchev–Trinajstić information content (AvgIpc) is 3.18. The van der Waals surface area contributed by atoms with E-state index in [0.717, 1.165) is 22.9 Å². The van der Waals surface area contributed by atoms with Gasteiger partial charge >= 0.3 is 0 Å². The van der Waals surface area contributed by atoms with E-state index < -0.39 is 0 Å². The van der Waals surface area contributed by atoms with Crippen LogP contribution >= 0.6 is 15.9 Å². The number of carbonyl (C=O) groups excluding carboxylic acids is 1. The lowest BCUT2D eigenvalue weighted by Gasteiger charge is -2.27. The maximum atomic E-state index is 12.5. The third-order valence-electron chi connectivity index (χ3n) is 3.69. The molecule has 1 saturated carbocycles. The molecule has 0 radical (unpaired) electrons. The van der Waals surface area contributed by atoms with E-state index >= 15 is 0 Å². The highest BCUT2D eigenvalue weighted by Gasteiger charge is 2.35. The lowest BCUT2D eigenvalue weighted by Crippen LogP contribution is -2.42. The highest BCUT2D eigenvalue weighted by atomic mass is 79.9. The van der Waals surface area contributed by atoms with Crippen molar-refractivity contribution < 1.29 is 4.79 Å². The highest BCUT2D eigenvalue weighted by molar-refractivity contribution is 9.10. The smallest absolute Gasteiger partial charge is 0.227 e. The van der Waals surface area contributed by atoms with Gasteiger partial charge in [-0.1, -0.05) is 35.0 Å². The molecule has 4 heteroatoms. The first-order chi connectivity index (χ1) is 8.99. The summed E-state index contributed by atoms with van der Waals surface area (Å²) in [6.45, 7) is 4.50. The largest absolute Gasteiger partial charge is 0.335 e. The molecule has 19 heavy (non-hydrogen) atoms. The van der Waals surface area contributed by atoms with Crippen LogP contribution in [0.15, 0.2) is 28.7 Å². The topological polar surface area (TPSA) is 46.3 Å². The minimum atomic E-state index is -0.118. The molecule has 3 nitrogen and oxygen atoms in total. The predicted molar refractivity (Wildman–Crippen MR) is 80.5 cm³/mol. The van der Waals surface area contributed by atoms with Gasteiger partial charge in [-0.05, 0) is 37.5 Å². The van der Waals surface area contributed by atoms with Crippen molar-refractivity contribution >= 4 is 21.8 Å². The van der Waals surface area contributed by atoms with Gasteiger partial charge in [-0.3, -0.25) is 4.79 Å². The molecule has 2 atom stereocenters. The van der Waals surface area contributed by atoms with Crippen LogP contribution in [0.25, 0.3) is 0 Å². The second-order valence-electron chi connectivity index (χ2n) is 5.48. The number of carbonyl (C=O) groups is 1. The fourth-order valence-corrected chi connectivity index (χ4v) is 2.54. The van der Waals surface area contributed by atoms with Crippen molar-refractivity contribution in [2.45, 2.75) is 45.3 Å². The zero-order valence-electron chi connectivity index (χ0n) is 11.5. The van der Waals surface area contributed by atoms with Crippen molar-refractivity contribution in [3.63, 3.8) is 0 Å². The third kappa shape index (κ3) is 3.80. The Bertz CT molecular complexity index is 457. The fourth-order valence-electron chi connectivity index (χ4n) is 2.09. The summed E-state index contributed by atoms with van der Waals surface area (Å²) < 4.78 is 1.05. The van der Waals surface area contributed by atoms with Crippen molar-refractivity contribution in [1.29, 1.82) is 0 Å². The minimum Gasteiger partial charge on any atom is -0.335 e. The van der Waals surface area contributed by atoms with E-state index in [0.29, 0.717) is 12.6 Å². The van der Waals surface area contributed by atoms with Crippen LogP contribution < -0.4 is 5.73 Å². The summed E-state index contributed by atoms with van der Waals surface area (Å²) in [4.78, 5) is 14.5. The summed E-state index contributed by atoms with van der Waals surface area (Å²) in [5.41, 5.74) is 7.02. The van der Waals surface area contributed by atoms with Gasteiger partial charge < -0.3 is 10.6 Å². The van der Waals surface area contributed by atoms with Crippen molar-refractivity contribution in [2.24, 2.45) is 11.7 Å². The van der Waals surface area contributed by atoms with Gasteiger partial charge in [0.2, 0.25) is 5.91 Å². The minimum absolute atomic E-state index is 0.101. The molecule has 1 fully saturated rings. The molecule has 1 aromatic rings. The van der Waals surface area contributed by atoms with Crippen LogP contribution in [0.1, 0.15) is 32.3 Å². The Morgan fingerprint density at radius 1 is 1.47 bits per heavy atom. The summed E-state index contributed by atoms with van der Waals surface area (Å²) in [7, 11) is 0. The number of amides is 1. The Kier molecular flexibility index (Phi) is 4.63. The maximum absolute atomic E-state index is 12.5. The fraction of sp³-hybridized carbons (Fsp3) is 0.533. The van der Waals surface area contributed by atoms with E-state index in [-0.39, 0.29) is 17.9 Å². The molecule has 0 aliphatic heterocycles. The zero-order chi connectivity index (χ0) is 14.0. The van der Waals surface area contributed by atoms with Crippen LogP contribution in [0.5, 0.6) is 0 Å². The molecule has 1 aliphatic rings. The molecule has 1 aliphatic carbocycles. The Hall–Kier alpha value is -0.870. The number of nitrogens with zero attached hydrogens (tertiary/aromatic N) is 1. The van der Waals surface area contributed by atoms with Crippen molar-refractivity contribution in [1.82, 2.24) is 4.90 Å². The number of rotatable bonds is 5. The van der Waals surface area contributed by atoms with Gasteiger partial charge in [-0.25, -0.2) is 0 Å². The molecule has 0 heterocycles. The Balaban J connectivity index is 2.10. The van der Waals surface area contributed by atoms with E-state index in [2.05, 4.69) is 28.1 Å². The molecule has 0 saturated heterocycles. The normalized spacial score (nSPS) is 17.9. The van der Waals surface area contributed by atoms with Crippen LogP contribution in [0, 0.1) is 5.92 Å². The molecule has 2 rings (SSSR count). The van der Waals surface area contributed by atoms with Crippen LogP contribution in [-0.2, 0) is 11.3 Å². The third-order valence-corrected chi connectivity index (χ3v) is 4.18. The average molecular weight is 325 g/mol. The maximum Gasteiger partial charge on any atom is 0.227 e. The molecule has 1 amide bonds. The first-order valence-electron chi connectivity index (χ1n) is 6.79. The van der Waals surface area contributed by atoms with E-state index in [1.54, 1.807) is 0 Å². The summed E-state index contributed by atoms with van der Waals surface area (Å²) in [6, 6.07) is 8.44. The van der Waals surface area contributed by atoms with Crippen LogP contribution in [0.2, 0.25) is 0 Å². The van der Waals surface area contributed by atoms with Crippen LogP contribution in [0.3, 0.4) is 0 Å². The summed E-state index contributed by atoms with van der Waals surface area (Å²) in [5, 5.41) is 0. The number of benzene rings is 1. The van der Waals surface area contributed by atoms with Crippen LogP contribution in [-0.4, -0.2) is 22.9 Å². The second-order valence-corrected chi connectivity index (χ2v) is 6.39. The van der Waals surface area contributed by atoms with E-state index in [4.69, 9.17) is 5.73 Å². The van der Waals surface area contributed by atoms with Crippen LogP contribution in [0.4, 0.5) is 0 Å². The zero-order valence-corrected chi connectivity index (χ0v) is 13.1. The van der Waals surface area contributed by atoms with Gasteiger partial charge in [0.1, 0.15) is 0 Å². The number of halogens is 1. The van der Waals surface area contributed by atoms with Gasteiger partial charge in [0.15, 0.2) is 0 Å². The predicted octanol–water partition coefficient (Wildman–Crippen LogP) is 2.92.